The fourth-order valence-electron chi connectivity index (χ4n) is 1.53. The molecule has 1 N–H and O–H groups in total. The van der Waals surface area contributed by atoms with Gasteiger partial charge in [0, 0.05) is 23.9 Å². The molecule has 2 aromatic rings. The summed E-state index contributed by atoms with van der Waals surface area (Å²) >= 11 is 1.33. The van der Waals surface area contributed by atoms with Crippen molar-refractivity contribution in [1.82, 2.24) is 4.98 Å². The number of pyridine rings is 1. The van der Waals surface area contributed by atoms with E-state index < -0.39 is 0 Å². The van der Waals surface area contributed by atoms with Gasteiger partial charge in [0.05, 0.1) is 10.6 Å². The summed E-state index contributed by atoms with van der Waals surface area (Å²) in [5, 5.41) is 0. The second-order valence-corrected chi connectivity index (χ2v) is 4.08. The molecule has 0 saturated carbocycles. The van der Waals surface area contributed by atoms with Gasteiger partial charge in [0.2, 0.25) is 0 Å². The van der Waals surface area contributed by atoms with E-state index in [-0.39, 0.29) is 11.2 Å². The number of aromatic nitrogens is 1. The Kier molecular flexibility index (Phi) is 3.10. The standard InChI is InChI=1S/C12H10FNOS/c1-16-12-9(3-2-4-10(12)13)11-7-8(15)5-6-14-11/h2-7H,1H3,(H,14,15). The van der Waals surface area contributed by atoms with E-state index in [1.54, 1.807) is 18.3 Å². The molecule has 4 heteroatoms. The summed E-state index contributed by atoms with van der Waals surface area (Å²) in [6, 6.07) is 7.74. The molecule has 1 aromatic carbocycles. The van der Waals surface area contributed by atoms with Crippen molar-refractivity contribution in [2.24, 2.45) is 0 Å². The van der Waals surface area contributed by atoms with Crippen molar-refractivity contribution in [3.8, 4) is 11.3 Å². The molecule has 1 aromatic heterocycles. The van der Waals surface area contributed by atoms with Crippen molar-refractivity contribution in [2.75, 3.05) is 6.26 Å². The zero-order valence-corrected chi connectivity index (χ0v) is 9.48. The van der Waals surface area contributed by atoms with Crippen LogP contribution in [0.4, 0.5) is 4.39 Å². The molecule has 0 unspecified atom stereocenters. The number of aromatic amines is 1. The molecule has 0 saturated heterocycles. The van der Waals surface area contributed by atoms with Crippen LogP contribution in [0.5, 0.6) is 0 Å². The van der Waals surface area contributed by atoms with E-state index in [0.717, 1.165) is 0 Å². The second kappa shape index (κ2) is 4.53. The van der Waals surface area contributed by atoms with Crippen LogP contribution in [-0.4, -0.2) is 11.2 Å². The maximum absolute atomic E-state index is 13.5. The van der Waals surface area contributed by atoms with Gasteiger partial charge in [0.1, 0.15) is 5.82 Å². The van der Waals surface area contributed by atoms with Crippen molar-refractivity contribution >= 4 is 11.8 Å². The second-order valence-electron chi connectivity index (χ2n) is 3.26. The molecule has 2 rings (SSSR count). The number of halogens is 1. The lowest BCUT2D eigenvalue weighted by Crippen LogP contribution is -1.99. The van der Waals surface area contributed by atoms with Crippen molar-refractivity contribution in [3.05, 3.63) is 52.6 Å². The lowest BCUT2D eigenvalue weighted by molar-refractivity contribution is 0.603. The number of rotatable bonds is 2. The van der Waals surface area contributed by atoms with Gasteiger partial charge in [-0.05, 0) is 12.3 Å². The third-order valence-electron chi connectivity index (χ3n) is 2.23. The summed E-state index contributed by atoms with van der Waals surface area (Å²) < 4.78 is 13.5. The molecule has 0 radical (unpaired) electrons. The van der Waals surface area contributed by atoms with Crippen LogP contribution in [0.3, 0.4) is 0 Å². The first kappa shape index (κ1) is 11.0. The third kappa shape index (κ3) is 2.02. The van der Waals surface area contributed by atoms with Gasteiger partial charge in [0.15, 0.2) is 5.43 Å². The molecule has 0 atom stereocenters. The minimum atomic E-state index is -0.269. The Balaban J connectivity index is 2.64. The zero-order chi connectivity index (χ0) is 11.5. The van der Waals surface area contributed by atoms with Gasteiger partial charge in [-0.25, -0.2) is 4.39 Å². The molecule has 82 valence electrons. The highest BCUT2D eigenvalue weighted by atomic mass is 32.2. The average molecular weight is 235 g/mol. The monoisotopic (exact) mass is 235 g/mol. The number of hydrogen-bond donors (Lipinski definition) is 1. The normalized spacial score (nSPS) is 10.4. The molecule has 0 fully saturated rings. The van der Waals surface area contributed by atoms with E-state index in [0.29, 0.717) is 16.2 Å². The SMILES string of the molecule is CSc1c(F)cccc1-c1cc(=O)cc[nH]1. The predicted octanol–water partition coefficient (Wildman–Crippen LogP) is 2.90. The fraction of sp³-hybridized carbons (Fsp3) is 0.0833. The number of benzene rings is 1. The van der Waals surface area contributed by atoms with Gasteiger partial charge >= 0.3 is 0 Å². The lowest BCUT2D eigenvalue weighted by Gasteiger charge is -2.07. The van der Waals surface area contributed by atoms with Crippen LogP contribution in [-0.2, 0) is 0 Å². The molecule has 2 nitrogen and oxygen atoms in total. The van der Waals surface area contributed by atoms with E-state index in [4.69, 9.17) is 0 Å². The van der Waals surface area contributed by atoms with Crippen molar-refractivity contribution < 1.29 is 4.39 Å². The van der Waals surface area contributed by atoms with E-state index in [1.165, 1.54) is 30.0 Å². The number of hydrogen-bond acceptors (Lipinski definition) is 2. The molecule has 0 spiro atoms. The maximum atomic E-state index is 13.5. The highest BCUT2D eigenvalue weighted by Crippen LogP contribution is 2.30. The summed E-state index contributed by atoms with van der Waals surface area (Å²) in [7, 11) is 0. The average Bonchev–Trinajstić information content (AvgIpc) is 2.28. The van der Waals surface area contributed by atoms with Crippen molar-refractivity contribution in [2.45, 2.75) is 4.90 Å². The van der Waals surface area contributed by atoms with E-state index in [1.807, 2.05) is 6.26 Å². The molecule has 0 aliphatic rings. The summed E-state index contributed by atoms with van der Waals surface area (Å²) in [5.41, 5.74) is 1.26. The van der Waals surface area contributed by atoms with Crippen molar-refractivity contribution in [1.29, 1.82) is 0 Å². The molecule has 0 aliphatic heterocycles. The Morgan fingerprint density at radius 1 is 1.31 bits per heavy atom. The lowest BCUT2D eigenvalue weighted by atomic mass is 10.1. The third-order valence-corrected chi connectivity index (χ3v) is 3.06. The van der Waals surface area contributed by atoms with Gasteiger partial charge in [0.25, 0.3) is 0 Å². The summed E-state index contributed by atoms with van der Waals surface area (Å²) in [5.74, 6) is -0.269. The number of H-pyrrole nitrogens is 1. The van der Waals surface area contributed by atoms with Crippen LogP contribution >= 0.6 is 11.8 Å². The first-order valence-corrected chi connectivity index (χ1v) is 5.96. The Morgan fingerprint density at radius 3 is 2.81 bits per heavy atom. The molecule has 0 amide bonds. The topological polar surface area (TPSA) is 32.9 Å². The Hall–Kier alpha value is -1.55. The molecule has 0 aliphatic carbocycles. The quantitative estimate of drug-likeness (QED) is 0.812. The first-order chi connectivity index (χ1) is 7.72. The highest BCUT2D eigenvalue weighted by molar-refractivity contribution is 7.98. The van der Waals surface area contributed by atoms with E-state index in [2.05, 4.69) is 4.98 Å². The predicted molar refractivity (Wildman–Crippen MR) is 64.2 cm³/mol. The Bertz CT molecular complexity index is 565. The van der Waals surface area contributed by atoms with Gasteiger partial charge in [-0.15, -0.1) is 11.8 Å². The van der Waals surface area contributed by atoms with Crippen LogP contribution in [0.2, 0.25) is 0 Å². The van der Waals surface area contributed by atoms with E-state index in [9.17, 15) is 9.18 Å². The molecule has 16 heavy (non-hydrogen) atoms. The summed E-state index contributed by atoms with van der Waals surface area (Å²) in [6.45, 7) is 0. The minimum Gasteiger partial charge on any atom is -0.361 e. The van der Waals surface area contributed by atoms with Crippen LogP contribution in [0.15, 0.2) is 46.2 Å². The summed E-state index contributed by atoms with van der Waals surface area (Å²) in [4.78, 5) is 14.7. The molecule has 0 bridgehead atoms. The smallest absolute Gasteiger partial charge is 0.182 e. The highest BCUT2D eigenvalue weighted by Gasteiger charge is 2.09. The van der Waals surface area contributed by atoms with Gasteiger partial charge in [-0.2, -0.15) is 0 Å². The minimum absolute atomic E-state index is 0.0925. The van der Waals surface area contributed by atoms with Crippen LogP contribution in [0.25, 0.3) is 11.3 Å². The van der Waals surface area contributed by atoms with Crippen molar-refractivity contribution in [3.63, 3.8) is 0 Å². The van der Waals surface area contributed by atoms with Crippen LogP contribution < -0.4 is 5.43 Å². The van der Waals surface area contributed by atoms with Crippen LogP contribution in [0.1, 0.15) is 0 Å². The maximum Gasteiger partial charge on any atom is 0.182 e. The molecule has 1 heterocycles. The summed E-state index contributed by atoms with van der Waals surface area (Å²) in [6.07, 6.45) is 3.37. The first-order valence-electron chi connectivity index (χ1n) is 4.74. The molecular weight excluding hydrogens is 225 g/mol. The van der Waals surface area contributed by atoms with Gasteiger partial charge in [-0.1, -0.05) is 12.1 Å². The van der Waals surface area contributed by atoms with Gasteiger partial charge in [-0.3, -0.25) is 4.79 Å². The van der Waals surface area contributed by atoms with Crippen LogP contribution in [0, 0.1) is 5.82 Å². The fourth-order valence-corrected chi connectivity index (χ4v) is 2.19. The zero-order valence-electron chi connectivity index (χ0n) is 8.66. The Labute approximate surface area is 96.5 Å². The largest absolute Gasteiger partial charge is 0.361 e. The molecular formula is C12H10FNOS. The number of thioether (sulfide) groups is 1. The Morgan fingerprint density at radius 2 is 2.12 bits per heavy atom. The number of nitrogens with one attached hydrogen (secondary N) is 1. The van der Waals surface area contributed by atoms with E-state index >= 15 is 0 Å². The van der Waals surface area contributed by atoms with Gasteiger partial charge < -0.3 is 4.98 Å².